The maximum Gasteiger partial charge on any atom is 0.219 e. The SMILES string of the molecule is CC(=O)c1c(C)[nH]c(C(=O)[C@H](C)Oc2cccc(F)c2)c1C. The van der Waals surface area contributed by atoms with Crippen LogP contribution in [-0.4, -0.2) is 22.7 Å². The van der Waals surface area contributed by atoms with Gasteiger partial charge >= 0.3 is 0 Å². The first-order valence-corrected chi connectivity index (χ1v) is 6.97. The monoisotopic (exact) mass is 303 g/mol. The lowest BCUT2D eigenvalue weighted by molar-refractivity contribution is 0.0812. The lowest BCUT2D eigenvalue weighted by Gasteiger charge is -2.13. The molecule has 1 N–H and O–H groups in total. The molecule has 0 spiro atoms. The second kappa shape index (κ2) is 6.13. The molecule has 5 heteroatoms. The van der Waals surface area contributed by atoms with E-state index in [0.717, 1.165) is 0 Å². The Labute approximate surface area is 128 Å². The first kappa shape index (κ1) is 15.9. The van der Waals surface area contributed by atoms with Crippen molar-refractivity contribution in [3.05, 3.63) is 52.6 Å². The van der Waals surface area contributed by atoms with Crippen molar-refractivity contribution in [1.82, 2.24) is 4.98 Å². The van der Waals surface area contributed by atoms with Crippen LogP contribution in [0.2, 0.25) is 0 Å². The fourth-order valence-electron chi connectivity index (χ4n) is 2.53. The van der Waals surface area contributed by atoms with Gasteiger partial charge in [-0.3, -0.25) is 9.59 Å². The highest BCUT2D eigenvalue weighted by atomic mass is 19.1. The van der Waals surface area contributed by atoms with Gasteiger partial charge in [-0.25, -0.2) is 4.39 Å². The summed E-state index contributed by atoms with van der Waals surface area (Å²) < 4.78 is 18.6. The number of aryl methyl sites for hydroxylation is 1. The number of nitrogens with one attached hydrogen (secondary N) is 1. The number of benzene rings is 1. The summed E-state index contributed by atoms with van der Waals surface area (Å²) in [5, 5.41) is 0. The quantitative estimate of drug-likeness (QED) is 0.858. The fraction of sp³-hybridized carbons (Fsp3) is 0.294. The van der Waals surface area contributed by atoms with Crippen molar-refractivity contribution < 1.29 is 18.7 Å². The minimum Gasteiger partial charge on any atom is -0.482 e. The molecule has 0 amide bonds. The zero-order valence-electron chi connectivity index (χ0n) is 13.0. The van der Waals surface area contributed by atoms with Gasteiger partial charge in [0.1, 0.15) is 11.6 Å². The summed E-state index contributed by atoms with van der Waals surface area (Å²) in [4.78, 5) is 27.0. The van der Waals surface area contributed by atoms with E-state index in [0.29, 0.717) is 22.5 Å². The van der Waals surface area contributed by atoms with Crippen LogP contribution in [0.3, 0.4) is 0 Å². The molecule has 1 aromatic carbocycles. The zero-order valence-corrected chi connectivity index (χ0v) is 13.0. The Morgan fingerprint density at radius 3 is 2.50 bits per heavy atom. The zero-order chi connectivity index (χ0) is 16.4. The molecule has 22 heavy (non-hydrogen) atoms. The van der Waals surface area contributed by atoms with Crippen molar-refractivity contribution in [2.75, 3.05) is 0 Å². The number of H-pyrrole nitrogens is 1. The number of rotatable bonds is 5. The van der Waals surface area contributed by atoms with Crippen molar-refractivity contribution in [1.29, 1.82) is 0 Å². The molecule has 1 heterocycles. The second-order valence-electron chi connectivity index (χ2n) is 5.26. The topological polar surface area (TPSA) is 59.2 Å². The number of ether oxygens (including phenoxy) is 1. The Morgan fingerprint density at radius 1 is 1.27 bits per heavy atom. The number of Topliss-reactive ketones (excluding diaryl/α,β-unsaturated/α-hetero) is 2. The van der Waals surface area contributed by atoms with Crippen LogP contribution in [0.5, 0.6) is 5.75 Å². The number of halogens is 1. The molecule has 0 aliphatic heterocycles. The van der Waals surface area contributed by atoms with Gasteiger partial charge in [0.05, 0.1) is 5.69 Å². The molecule has 0 saturated carbocycles. The highest BCUT2D eigenvalue weighted by Crippen LogP contribution is 2.21. The van der Waals surface area contributed by atoms with Crippen molar-refractivity contribution in [2.45, 2.75) is 33.8 Å². The van der Waals surface area contributed by atoms with E-state index in [2.05, 4.69) is 4.98 Å². The van der Waals surface area contributed by atoms with Crippen molar-refractivity contribution in [3.63, 3.8) is 0 Å². The Kier molecular flexibility index (Phi) is 4.45. The third-order valence-corrected chi connectivity index (χ3v) is 3.51. The number of aromatic nitrogens is 1. The van der Waals surface area contributed by atoms with E-state index in [4.69, 9.17) is 4.74 Å². The molecule has 0 saturated heterocycles. The average molecular weight is 303 g/mol. The third-order valence-electron chi connectivity index (χ3n) is 3.51. The van der Waals surface area contributed by atoms with Gasteiger partial charge in [-0.1, -0.05) is 6.07 Å². The van der Waals surface area contributed by atoms with E-state index in [1.54, 1.807) is 26.8 Å². The van der Waals surface area contributed by atoms with E-state index < -0.39 is 11.9 Å². The normalized spacial score (nSPS) is 12.0. The minimum atomic E-state index is -0.793. The molecule has 0 bridgehead atoms. The molecule has 0 aliphatic rings. The summed E-state index contributed by atoms with van der Waals surface area (Å²) in [5.74, 6) is -0.516. The van der Waals surface area contributed by atoms with Gasteiger partial charge in [0.2, 0.25) is 5.78 Å². The minimum absolute atomic E-state index is 0.0935. The maximum absolute atomic E-state index is 13.1. The lowest BCUT2D eigenvalue weighted by Crippen LogP contribution is -2.25. The summed E-state index contributed by atoms with van der Waals surface area (Å²) in [7, 11) is 0. The molecule has 0 aliphatic carbocycles. The predicted octanol–water partition coefficient (Wildman–Crippen LogP) is 3.62. The van der Waals surface area contributed by atoms with Crippen molar-refractivity contribution in [2.24, 2.45) is 0 Å². The standard InChI is InChI=1S/C17H18FNO3/c1-9-15(11(3)20)10(2)19-16(9)17(21)12(4)22-14-7-5-6-13(18)8-14/h5-8,12,19H,1-4H3/t12-/m0/s1. The fourth-order valence-corrected chi connectivity index (χ4v) is 2.53. The average Bonchev–Trinajstić information content (AvgIpc) is 2.73. The van der Waals surface area contributed by atoms with Crippen molar-refractivity contribution >= 4 is 11.6 Å². The summed E-state index contributed by atoms with van der Waals surface area (Å²) >= 11 is 0. The Hall–Kier alpha value is -2.43. The molecule has 1 atom stereocenters. The van der Waals surface area contributed by atoms with Crippen LogP contribution in [0.4, 0.5) is 4.39 Å². The number of carbonyl (C=O) groups excluding carboxylic acids is 2. The second-order valence-corrected chi connectivity index (χ2v) is 5.26. The van der Waals surface area contributed by atoms with Crippen LogP contribution in [0.25, 0.3) is 0 Å². The molecule has 0 fully saturated rings. The molecular weight excluding hydrogens is 285 g/mol. The van der Waals surface area contributed by atoms with Gasteiger partial charge in [-0.15, -0.1) is 0 Å². The summed E-state index contributed by atoms with van der Waals surface area (Å²) in [6.45, 7) is 6.53. The highest BCUT2D eigenvalue weighted by molar-refractivity contribution is 6.04. The maximum atomic E-state index is 13.1. The van der Waals surface area contributed by atoms with Crippen molar-refractivity contribution in [3.8, 4) is 5.75 Å². The van der Waals surface area contributed by atoms with E-state index in [-0.39, 0.29) is 17.3 Å². The van der Waals surface area contributed by atoms with Crippen LogP contribution < -0.4 is 4.74 Å². The van der Waals surface area contributed by atoms with Gasteiger partial charge in [0.25, 0.3) is 0 Å². The van der Waals surface area contributed by atoms with Crippen LogP contribution in [0.15, 0.2) is 24.3 Å². The number of hydrogen-bond acceptors (Lipinski definition) is 3. The molecule has 2 aromatic rings. The Bertz CT molecular complexity index is 734. The molecule has 2 rings (SSSR count). The van der Waals surface area contributed by atoms with E-state index in [1.807, 2.05) is 0 Å². The summed E-state index contributed by atoms with van der Waals surface area (Å²) in [6.07, 6.45) is -0.793. The van der Waals surface area contributed by atoms with E-state index in [1.165, 1.54) is 25.1 Å². The number of carbonyl (C=O) groups is 2. The smallest absolute Gasteiger partial charge is 0.219 e. The van der Waals surface area contributed by atoms with E-state index in [9.17, 15) is 14.0 Å². The number of hydrogen-bond donors (Lipinski definition) is 1. The number of ketones is 2. The van der Waals surface area contributed by atoms with Crippen LogP contribution in [0.1, 0.15) is 46.0 Å². The molecule has 0 unspecified atom stereocenters. The lowest BCUT2D eigenvalue weighted by atomic mass is 10.0. The van der Waals surface area contributed by atoms with Gasteiger partial charge in [-0.2, -0.15) is 0 Å². The molecule has 4 nitrogen and oxygen atoms in total. The third kappa shape index (κ3) is 3.08. The van der Waals surface area contributed by atoms with Gasteiger partial charge in [0.15, 0.2) is 11.9 Å². The first-order chi connectivity index (χ1) is 10.3. The van der Waals surface area contributed by atoms with Gasteiger partial charge in [0, 0.05) is 17.3 Å². The summed E-state index contributed by atoms with van der Waals surface area (Å²) in [6, 6.07) is 5.62. The van der Waals surface area contributed by atoms with Crippen LogP contribution in [0, 0.1) is 19.7 Å². The molecule has 116 valence electrons. The molecular formula is C17H18FNO3. The van der Waals surface area contributed by atoms with Crippen LogP contribution >= 0.6 is 0 Å². The Morgan fingerprint density at radius 2 is 1.95 bits per heavy atom. The number of aromatic amines is 1. The van der Waals surface area contributed by atoms with Crippen LogP contribution in [-0.2, 0) is 0 Å². The molecule has 0 radical (unpaired) electrons. The van der Waals surface area contributed by atoms with Gasteiger partial charge < -0.3 is 9.72 Å². The Balaban J connectivity index is 2.24. The largest absolute Gasteiger partial charge is 0.482 e. The van der Waals surface area contributed by atoms with E-state index >= 15 is 0 Å². The van der Waals surface area contributed by atoms with Gasteiger partial charge in [-0.05, 0) is 45.4 Å². The first-order valence-electron chi connectivity index (χ1n) is 6.97. The summed E-state index contributed by atoms with van der Waals surface area (Å²) in [5.41, 5.74) is 2.16. The predicted molar refractivity (Wildman–Crippen MR) is 81.1 cm³/mol. The highest BCUT2D eigenvalue weighted by Gasteiger charge is 2.24. The molecule has 1 aromatic heterocycles.